The van der Waals surface area contributed by atoms with E-state index in [0.717, 1.165) is 5.75 Å². The lowest BCUT2D eigenvalue weighted by Gasteiger charge is -2.09. The number of hydrogen-bond acceptors (Lipinski definition) is 4. The van der Waals surface area contributed by atoms with E-state index in [4.69, 9.17) is 4.74 Å². The Morgan fingerprint density at radius 1 is 0.966 bits per heavy atom. The number of benzene rings is 2. The Balaban J connectivity index is 1.59. The zero-order valence-corrected chi connectivity index (χ0v) is 16.8. The van der Waals surface area contributed by atoms with Crippen molar-refractivity contribution < 1.29 is 19.1 Å². The molecule has 2 rings (SSSR count). The first kappa shape index (κ1) is 21.9. The lowest BCUT2D eigenvalue weighted by atomic mass is 10.2. The first-order chi connectivity index (χ1) is 13.9. The zero-order valence-electron chi connectivity index (χ0n) is 16.8. The predicted molar refractivity (Wildman–Crippen MR) is 112 cm³/mol. The van der Waals surface area contributed by atoms with E-state index in [0.29, 0.717) is 43.8 Å². The highest BCUT2D eigenvalue weighted by Crippen LogP contribution is 2.12. The molecular formula is C22H27N3O4. The summed E-state index contributed by atoms with van der Waals surface area (Å²) in [6.45, 7) is 4.55. The van der Waals surface area contributed by atoms with Gasteiger partial charge in [-0.3, -0.25) is 14.4 Å². The number of anilines is 1. The van der Waals surface area contributed by atoms with Gasteiger partial charge in [-0.25, -0.2) is 0 Å². The lowest BCUT2D eigenvalue weighted by Crippen LogP contribution is -2.34. The molecule has 0 aliphatic carbocycles. The fourth-order valence-electron chi connectivity index (χ4n) is 2.57. The Labute approximate surface area is 170 Å². The van der Waals surface area contributed by atoms with Gasteiger partial charge < -0.3 is 20.7 Å². The Morgan fingerprint density at radius 2 is 1.69 bits per heavy atom. The number of carbonyl (C=O) groups excluding carboxylic acids is 3. The molecule has 7 nitrogen and oxygen atoms in total. The summed E-state index contributed by atoms with van der Waals surface area (Å²) in [5.41, 5.74) is 2.17. The number of rotatable bonds is 10. The maximum absolute atomic E-state index is 12.1. The molecule has 0 bridgehead atoms. The third kappa shape index (κ3) is 8.47. The number of amides is 3. The number of hydrogen-bond donors (Lipinski definition) is 3. The fourth-order valence-corrected chi connectivity index (χ4v) is 2.57. The van der Waals surface area contributed by atoms with E-state index >= 15 is 0 Å². The molecule has 0 heterocycles. The first-order valence-corrected chi connectivity index (χ1v) is 9.56. The lowest BCUT2D eigenvalue weighted by molar-refractivity contribution is -0.121. The van der Waals surface area contributed by atoms with Crippen molar-refractivity contribution in [2.45, 2.75) is 26.7 Å². The van der Waals surface area contributed by atoms with Crippen LogP contribution in [-0.2, 0) is 9.59 Å². The van der Waals surface area contributed by atoms with E-state index < -0.39 is 0 Å². The average Bonchev–Trinajstić information content (AvgIpc) is 2.69. The van der Waals surface area contributed by atoms with Crippen LogP contribution in [0.2, 0.25) is 0 Å². The standard InChI is InChI=1S/C22H27N3O4/c1-16-8-10-20(11-9-16)29-14-4-7-21(27)23-12-13-24-22(28)18-5-3-6-19(15-18)25-17(2)26/h3,5-6,8-11,15H,4,7,12-14H2,1-2H3,(H,23,27)(H,24,28)(H,25,26). The Morgan fingerprint density at radius 3 is 2.41 bits per heavy atom. The van der Waals surface area contributed by atoms with E-state index in [-0.39, 0.29) is 17.7 Å². The molecule has 0 aliphatic rings. The van der Waals surface area contributed by atoms with Crippen molar-refractivity contribution in [3.8, 4) is 5.75 Å². The van der Waals surface area contributed by atoms with E-state index in [1.807, 2.05) is 31.2 Å². The summed E-state index contributed by atoms with van der Waals surface area (Å²) in [5, 5.41) is 8.14. The molecule has 0 spiro atoms. The van der Waals surface area contributed by atoms with Crippen LogP contribution in [0.4, 0.5) is 5.69 Å². The highest BCUT2D eigenvalue weighted by molar-refractivity contribution is 5.96. The molecule has 0 atom stereocenters. The maximum atomic E-state index is 12.1. The molecule has 29 heavy (non-hydrogen) atoms. The fraction of sp³-hybridized carbons (Fsp3) is 0.318. The van der Waals surface area contributed by atoms with Crippen LogP contribution in [0.3, 0.4) is 0 Å². The van der Waals surface area contributed by atoms with Crippen molar-refractivity contribution in [3.05, 3.63) is 59.7 Å². The van der Waals surface area contributed by atoms with E-state index in [1.54, 1.807) is 24.3 Å². The summed E-state index contributed by atoms with van der Waals surface area (Å²) in [6.07, 6.45) is 0.973. The van der Waals surface area contributed by atoms with Crippen molar-refractivity contribution in [1.29, 1.82) is 0 Å². The molecule has 2 aromatic carbocycles. The molecule has 154 valence electrons. The second kappa shape index (κ2) is 11.5. The van der Waals surface area contributed by atoms with Gasteiger partial charge in [0.15, 0.2) is 0 Å². The van der Waals surface area contributed by atoms with Crippen molar-refractivity contribution in [2.24, 2.45) is 0 Å². The Kier molecular flexibility index (Phi) is 8.69. The Hall–Kier alpha value is -3.35. The van der Waals surface area contributed by atoms with Crippen LogP contribution in [0.25, 0.3) is 0 Å². The van der Waals surface area contributed by atoms with Gasteiger partial charge in [-0.1, -0.05) is 23.8 Å². The van der Waals surface area contributed by atoms with Crippen LogP contribution in [0.1, 0.15) is 35.7 Å². The summed E-state index contributed by atoms with van der Waals surface area (Å²) in [5.74, 6) is 0.244. The molecule has 0 aromatic heterocycles. The molecular weight excluding hydrogens is 370 g/mol. The number of carbonyl (C=O) groups is 3. The van der Waals surface area contributed by atoms with Gasteiger partial charge in [-0.2, -0.15) is 0 Å². The third-order valence-corrected chi connectivity index (χ3v) is 4.02. The van der Waals surface area contributed by atoms with Gasteiger partial charge in [0.1, 0.15) is 5.75 Å². The molecule has 2 aromatic rings. The summed E-state index contributed by atoms with van der Waals surface area (Å²) >= 11 is 0. The minimum absolute atomic E-state index is 0.0839. The molecule has 7 heteroatoms. The highest BCUT2D eigenvalue weighted by Gasteiger charge is 2.07. The summed E-state index contributed by atoms with van der Waals surface area (Å²) < 4.78 is 5.59. The van der Waals surface area contributed by atoms with Crippen molar-refractivity contribution in [2.75, 3.05) is 25.0 Å². The van der Waals surface area contributed by atoms with E-state index in [9.17, 15) is 14.4 Å². The van der Waals surface area contributed by atoms with Gasteiger partial charge in [0.05, 0.1) is 6.61 Å². The minimum Gasteiger partial charge on any atom is -0.494 e. The molecule has 0 saturated carbocycles. The molecule has 3 amide bonds. The van der Waals surface area contributed by atoms with Crippen molar-refractivity contribution >= 4 is 23.4 Å². The van der Waals surface area contributed by atoms with Gasteiger partial charge in [0.25, 0.3) is 5.91 Å². The largest absolute Gasteiger partial charge is 0.494 e. The summed E-state index contributed by atoms with van der Waals surface area (Å²) in [7, 11) is 0. The number of nitrogens with one attached hydrogen (secondary N) is 3. The summed E-state index contributed by atoms with van der Waals surface area (Å²) in [4.78, 5) is 35.1. The molecule has 0 fully saturated rings. The van der Waals surface area contributed by atoms with E-state index in [2.05, 4.69) is 16.0 Å². The number of aryl methyl sites for hydroxylation is 1. The van der Waals surface area contributed by atoms with E-state index in [1.165, 1.54) is 12.5 Å². The zero-order chi connectivity index (χ0) is 21.1. The van der Waals surface area contributed by atoms with Gasteiger partial charge in [-0.15, -0.1) is 0 Å². The van der Waals surface area contributed by atoms with Gasteiger partial charge in [0.2, 0.25) is 11.8 Å². The SMILES string of the molecule is CC(=O)Nc1cccc(C(=O)NCCNC(=O)CCCOc2ccc(C)cc2)c1. The normalized spacial score (nSPS) is 10.1. The van der Waals surface area contributed by atoms with Gasteiger partial charge >= 0.3 is 0 Å². The van der Waals surface area contributed by atoms with Crippen LogP contribution in [0.5, 0.6) is 5.75 Å². The second-order valence-electron chi connectivity index (χ2n) is 6.63. The van der Waals surface area contributed by atoms with Crippen molar-refractivity contribution in [3.63, 3.8) is 0 Å². The van der Waals surface area contributed by atoms with Crippen molar-refractivity contribution in [1.82, 2.24) is 10.6 Å². The topological polar surface area (TPSA) is 96.5 Å². The minimum atomic E-state index is -0.266. The van der Waals surface area contributed by atoms with Gasteiger partial charge in [-0.05, 0) is 43.7 Å². The first-order valence-electron chi connectivity index (χ1n) is 9.56. The van der Waals surface area contributed by atoms with Gasteiger partial charge in [0, 0.05) is 37.7 Å². The molecule has 0 unspecified atom stereocenters. The average molecular weight is 397 g/mol. The number of ether oxygens (including phenoxy) is 1. The predicted octanol–water partition coefficient (Wildman–Crippen LogP) is 2.66. The molecule has 0 aliphatic heterocycles. The smallest absolute Gasteiger partial charge is 0.251 e. The summed E-state index contributed by atoms with van der Waals surface area (Å²) in [6, 6.07) is 14.4. The van der Waals surface area contributed by atoms with Crippen LogP contribution >= 0.6 is 0 Å². The third-order valence-electron chi connectivity index (χ3n) is 4.02. The quantitative estimate of drug-likeness (QED) is 0.537. The highest BCUT2D eigenvalue weighted by atomic mass is 16.5. The van der Waals surface area contributed by atoms with Crippen LogP contribution in [0.15, 0.2) is 48.5 Å². The monoisotopic (exact) mass is 397 g/mol. The van der Waals surface area contributed by atoms with Crippen LogP contribution in [-0.4, -0.2) is 37.4 Å². The molecule has 0 saturated heterocycles. The maximum Gasteiger partial charge on any atom is 0.251 e. The Bertz CT molecular complexity index is 834. The molecule has 3 N–H and O–H groups in total. The second-order valence-corrected chi connectivity index (χ2v) is 6.63. The van der Waals surface area contributed by atoms with Crippen LogP contribution in [0, 0.1) is 6.92 Å². The van der Waals surface area contributed by atoms with Crippen LogP contribution < -0.4 is 20.7 Å². The molecule has 0 radical (unpaired) electrons.